The average molecular weight is 937 g/mol. The molecule has 316 valence electrons. The molecular weight excluding hydrogens is 872 g/mol. The molecule has 0 aliphatic rings. The van der Waals surface area contributed by atoms with Gasteiger partial charge >= 0.3 is 44.1 Å². The fourth-order valence-electron chi connectivity index (χ4n) is 7.25. The maximum absolute atomic E-state index is 11.2. The molecule has 0 aliphatic heterocycles. The van der Waals surface area contributed by atoms with Crippen molar-refractivity contribution < 1.29 is 34.0 Å². The molecule has 6 aromatic carbocycles. The van der Waals surface area contributed by atoms with Crippen molar-refractivity contribution in [1.82, 2.24) is 0 Å². The summed E-state index contributed by atoms with van der Waals surface area (Å²) in [5.41, 5.74) is 11.7. The van der Waals surface area contributed by atoms with Crippen LogP contribution in [-0.4, -0.2) is 15.7 Å². The Hall–Kier alpha value is -2.43. The second-order valence-corrected chi connectivity index (χ2v) is 23.2. The molecule has 0 aliphatic carbocycles. The zero-order chi connectivity index (χ0) is 44.0. The van der Waals surface area contributed by atoms with Crippen molar-refractivity contribution in [2.45, 2.75) is 132 Å². The van der Waals surface area contributed by atoms with E-state index in [1.165, 1.54) is 78.9 Å². The summed E-state index contributed by atoms with van der Waals surface area (Å²) in [7, 11) is 10.3. The monoisotopic (exact) mass is 934 g/mol. The van der Waals surface area contributed by atoms with Crippen molar-refractivity contribution in [3.05, 3.63) is 131 Å². The van der Waals surface area contributed by atoms with E-state index in [1.807, 2.05) is 0 Å². The first kappa shape index (κ1) is 50.9. The van der Waals surface area contributed by atoms with Crippen LogP contribution in [0.2, 0.25) is 12.6 Å². The molecule has 0 heterocycles. The summed E-state index contributed by atoms with van der Waals surface area (Å²) in [4.78, 5) is 0. The predicted molar refractivity (Wildman–Crippen MR) is 252 cm³/mol. The van der Waals surface area contributed by atoms with Crippen molar-refractivity contribution >= 4 is 48.1 Å². The Labute approximate surface area is 375 Å². The molecule has 2 radical (unpaired) electrons. The van der Waals surface area contributed by atoms with E-state index in [1.54, 1.807) is 6.55 Å². The number of fused-ring (bicyclic) bond motifs is 2. The van der Waals surface area contributed by atoms with Crippen molar-refractivity contribution in [2.75, 3.05) is 0 Å². The Morgan fingerprint density at radius 2 is 0.966 bits per heavy atom. The Kier molecular flexibility index (Phi) is 20.5. The van der Waals surface area contributed by atoms with Gasteiger partial charge in [0, 0.05) is 15.9 Å². The number of hydrogen-bond acceptors (Lipinski definition) is 0. The molecule has 2 atom stereocenters. The van der Waals surface area contributed by atoms with Gasteiger partial charge in [-0.3, -0.25) is 0 Å². The molecule has 0 fully saturated rings. The van der Waals surface area contributed by atoms with E-state index in [-0.39, 0.29) is 6.04 Å². The normalized spacial score (nSPS) is 12.7. The first-order valence-corrected chi connectivity index (χ1v) is 29.0. The molecule has 2 unspecified atom stereocenters. The van der Waals surface area contributed by atoms with Gasteiger partial charge in [0.2, 0.25) is 0 Å². The second kappa shape index (κ2) is 23.7. The van der Waals surface area contributed by atoms with Crippen molar-refractivity contribution in [3.63, 3.8) is 0 Å². The minimum atomic E-state index is -3.94. The molecule has 59 heavy (non-hydrogen) atoms. The van der Waals surface area contributed by atoms with E-state index in [4.69, 9.17) is 17.0 Å². The van der Waals surface area contributed by atoms with E-state index >= 15 is 0 Å². The van der Waals surface area contributed by atoms with Gasteiger partial charge in [0.05, 0.1) is 0 Å². The van der Waals surface area contributed by atoms with Gasteiger partial charge in [0.15, 0.2) is 0 Å². The summed E-state index contributed by atoms with van der Waals surface area (Å²) in [5, 5.41) is 5.48. The van der Waals surface area contributed by atoms with Crippen LogP contribution in [-0.2, 0) is 33.7 Å². The first-order valence-electron chi connectivity index (χ1n) is 21.0. The van der Waals surface area contributed by atoms with Crippen LogP contribution in [0.3, 0.4) is 0 Å². The summed E-state index contributed by atoms with van der Waals surface area (Å²) >= 11 is -0.826. The molecule has 6 aromatic rings. The Bertz CT molecular complexity index is 1970. The SMILES string of the molecule is CCC(C)c1ccc(-c2cccc3[cH-]c(CC(C)(C)C)cc23)cc1.CCC(C)c1ccc(-c2cccc3[cH-]c(CC(C)(C)C)cc23)cc1.C[Si]CCC(F)(F)F.[Cl][Zr+2][Cl]. The maximum atomic E-state index is 11.2. The molecule has 0 amide bonds. The summed E-state index contributed by atoms with van der Waals surface area (Å²) in [5.74, 6) is 1.26. The van der Waals surface area contributed by atoms with Crippen molar-refractivity contribution in [3.8, 4) is 22.3 Å². The molecular formula is C52H65Cl2F3SiZr. The van der Waals surface area contributed by atoms with Gasteiger partial charge in [-0.2, -0.15) is 25.3 Å². The van der Waals surface area contributed by atoms with Gasteiger partial charge in [0.1, 0.15) is 0 Å². The van der Waals surface area contributed by atoms with Crippen LogP contribution in [0.15, 0.2) is 109 Å². The van der Waals surface area contributed by atoms with E-state index in [9.17, 15) is 13.2 Å². The number of alkyl halides is 3. The third-order valence-corrected chi connectivity index (χ3v) is 11.3. The van der Waals surface area contributed by atoms with Crippen molar-refractivity contribution in [2.24, 2.45) is 10.8 Å². The third kappa shape index (κ3) is 17.1. The fourth-order valence-corrected chi connectivity index (χ4v) is 7.78. The number of halogens is 5. The molecule has 7 heteroatoms. The predicted octanol–water partition coefficient (Wildman–Crippen LogP) is 18.1. The Balaban J connectivity index is 0.000000253. The summed E-state index contributed by atoms with van der Waals surface area (Å²) in [6, 6.07) is 41.4. The zero-order valence-electron chi connectivity index (χ0n) is 37.2. The van der Waals surface area contributed by atoms with Gasteiger partial charge in [0.25, 0.3) is 0 Å². The Morgan fingerprint density at radius 1 is 0.610 bits per heavy atom. The first-order chi connectivity index (χ1) is 27.7. The number of hydrogen-bond donors (Lipinski definition) is 0. The topological polar surface area (TPSA) is 0 Å². The molecule has 0 spiro atoms. The van der Waals surface area contributed by atoms with E-state index in [2.05, 4.69) is 178 Å². The quantitative estimate of drug-likeness (QED) is 0.0948. The molecule has 0 saturated heterocycles. The molecule has 6 rings (SSSR count). The van der Waals surface area contributed by atoms with Crippen LogP contribution in [0.4, 0.5) is 13.2 Å². The number of benzene rings is 4. The molecule has 0 saturated carbocycles. The third-order valence-electron chi connectivity index (χ3n) is 10.6. The van der Waals surface area contributed by atoms with Gasteiger partial charge in [-0.1, -0.05) is 154 Å². The molecule has 0 nitrogen and oxygen atoms in total. The van der Waals surface area contributed by atoms with Gasteiger partial charge < -0.3 is 0 Å². The number of rotatable bonds is 10. The van der Waals surface area contributed by atoms with Crippen LogP contribution in [0, 0.1) is 10.8 Å². The average Bonchev–Trinajstić information content (AvgIpc) is 3.78. The molecule has 0 bridgehead atoms. The van der Waals surface area contributed by atoms with Crippen LogP contribution in [0.25, 0.3) is 43.8 Å². The standard InChI is InChI=1S/2C24H29.C4H7F3Si.2ClH.Zr/c2*1-6-17(2)19-10-12-20(13-11-19)22-9-7-8-21-14-18(15-23(21)22)16-24(3,4)5;1-8-3-2-4(5,6)7;;;/h2*7-15,17H,6,16H2,1-5H3;2-3H2,1H3;2*1H;/q2*-1;;;;+4/p-2. The second-order valence-electron chi connectivity index (χ2n) is 18.2. The van der Waals surface area contributed by atoms with Crippen molar-refractivity contribution in [1.29, 1.82) is 0 Å². The van der Waals surface area contributed by atoms with Gasteiger partial charge in [-0.05, 0) is 70.6 Å². The van der Waals surface area contributed by atoms with E-state index in [0.717, 1.165) is 12.8 Å². The summed E-state index contributed by atoms with van der Waals surface area (Å²) in [6.07, 6.45) is 0.0506. The van der Waals surface area contributed by atoms with Crippen LogP contribution in [0.5, 0.6) is 0 Å². The summed E-state index contributed by atoms with van der Waals surface area (Å²) < 4.78 is 33.7. The van der Waals surface area contributed by atoms with Crippen LogP contribution in [0.1, 0.15) is 123 Å². The van der Waals surface area contributed by atoms with Gasteiger partial charge in [-0.25, -0.2) is 0 Å². The zero-order valence-corrected chi connectivity index (χ0v) is 42.1. The summed E-state index contributed by atoms with van der Waals surface area (Å²) in [6.45, 7) is 24.7. The molecule has 0 N–H and O–H groups in total. The fraction of sp³-hybridized carbons (Fsp3) is 0.423. The van der Waals surface area contributed by atoms with Crippen LogP contribution < -0.4 is 0 Å². The van der Waals surface area contributed by atoms with Crippen LogP contribution >= 0.6 is 17.0 Å². The molecule has 0 aromatic heterocycles. The Morgan fingerprint density at radius 3 is 1.24 bits per heavy atom. The van der Waals surface area contributed by atoms with Gasteiger partial charge in [-0.15, -0.1) is 69.1 Å². The minimum absolute atomic E-state index is 0.281. The van der Waals surface area contributed by atoms with E-state index in [0.29, 0.717) is 32.2 Å². The van der Waals surface area contributed by atoms with E-state index < -0.39 is 33.4 Å².